The summed E-state index contributed by atoms with van der Waals surface area (Å²) in [7, 11) is -0.697. The number of anilines is 2. The molecule has 1 aliphatic rings. The second-order valence-corrected chi connectivity index (χ2v) is 9.16. The van der Waals surface area contributed by atoms with E-state index in [2.05, 4.69) is 10.6 Å². The molecule has 1 aliphatic heterocycles. The van der Waals surface area contributed by atoms with Gasteiger partial charge in [0.2, 0.25) is 10.0 Å². The third-order valence-corrected chi connectivity index (χ3v) is 6.15. The minimum atomic E-state index is -3.57. The lowest BCUT2D eigenvalue weighted by atomic mass is 10.1. The van der Waals surface area contributed by atoms with E-state index in [1.165, 1.54) is 38.4 Å². The van der Waals surface area contributed by atoms with Gasteiger partial charge in [-0.1, -0.05) is 6.07 Å². The average Bonchev–Trinajstić information content (AvgIpc) is 2.63. The molecule has 9 heteroatoms. The van der Waals surface area contributed by atoms with Crippen molar-refractivity contribution in [2.45, 2.75) is 24.3 Å². The van der Waals surface area contributed by atoms with Crippen molar-refractivity contribution < 1.29 is 22.7 Å². The van der Waals surface area contributed by atoms with E-state index in [4.69, 9.17) is 4.74 Å². The molecule has 148 valence electrons. The number of carbonyl (C=O) groups excluding carboxylic acids is 2. The molecule has 0 atom stereocenters. The van der Waals surface area contributed by atoms with Gasteiger partial charge in [-0.05, 0) is 50.2 Å². The predicted molar refractivity (Wildman–Crippen MR) is 105 cm³/mol. The first-order valence-electron chi connectivity index (χ1n) is 8.50. The van der Waals surface area contributed by atoms with Crippen molar-refractivity contribution in [2.75, 3.05) is 24.7 Å². The van der Waals surface area contributed by atoms with Crippen LogP contribution in [0.25, 0.3) is 0 Å². The minimum Gasteiger partial charge on any atom is -0.476 e. The van der Waals surface area contributed by atoms with Gasteiger partial charge >= 0.3 is 0 Å². The molecule has 0 saturated heterocycles. The Labute approximate surface area is 163 Å². The van der Waals surface area contributed by atoms with Crippen LogP contribution >= 0.6 is 0 Å². The normalized spacial score (nSPS) is 15.4. The van der Waals surface area contributed by atoms with Crippen molar-refractivity contribution in [1.82, 2.24) is 4.31 Å². The zero-order valence-corrected chi connectivity index (χ0v) is 16.8. The highest BCUT2D eigenvalue weighted by Gasteiger charge is 2.36. The van der Waals surface area contributed by atoms with E-state index in [1.54, 1.807) is 32.0 Å². The van der Waals surface area contributed by atoms with E-state index in [9.17, 15) is 18.0 Å². The summed E-state index contributed by atoms with van der Waals surface area (Å²) in [6, 6.07) is 10.7. The zero-order chi connectivity index (χ0) is 20.7. The summed E-state index contributed by atoms with van der Waals surface area (Å²) in [6.07, 6.45) is 0. The van der Waals surface area contributed by atoms with E-state index in [0.29, 0.717) is 17.1 Å². The molecule has 0 spiro atoms. The monoisotopic (exact) mass is 403 g/mol. The number of para-hydroxylation sites is 1. The summed E-state index contributed by atoms with van der Waals surface area (Å²) in [6.45, 7) is 3.31. The fourth-order valence-corrected chi connectivity index (χ4v) is 3.52. The van der Waals surface area contributed by atoms with Gasteiger partial charge in [0.15, 0.2) is 5.60 Å². The Balaban J connectivity index is 1.84. The smallest absolute Gasteiger partial charge is 0.268 e. The van der Waals surface area contributed by atoms with Crippen LogP contribution in [0.3, 0.4) is 0 Å². The Hall–Kier alpha value is -2.91. The summed E-state index contributed by atoms with van der Waals surface area (Å²) in [5.41, 5.74) is 0.0330. The van der Waals surface area contributed by atoms with Gasteiger partial charge in [-0.15, -0.1) is 0 Å². The molecule has 0 fully saturated rings. The van der Waals surface area contributed by atoms with Crippen LogP contribution < -0.4 is 15.4 Å². The summed E-state index contributed by atoms with van der Waals surface area (Å²) in [5.74, 6) is -0.309. The first-order chi connectivity index (χ1) is 13.0. The van der Waals surface area contributed by atoms with Crippen LogP contribution in [0.2, 0.25) is 0 Å². The SMILES string of the molecule is CN(C)S(=O)(=O)c1ccc(C(=O)Nc2cccc3c2NC(=O)C(C)(C)O3)cc1. The average molecular weight is 403 g/mol. The number of benzene rings is 2. The van der Waals surface area contributed by atoms with Crippen LogP contribution in [-0.4, -0.2) is 44.2 Å². The summed E-state index contributed by atoms with van der Waals surface area (Å²) in [5, 5.41) is 5.48. The second-order valence-electron chi connectivity index (χ2n) is 7.01. The maximum Gasteiger partial charge on any atom is 0.268 e. The van der Waals surface area contributed by atoms with Crippen LogP contribution in [0.5, 0.6) is 5.75 Å². The number of fused-ring (bicyclic) bond motifs is 1. The molecular weight excluding hydrogens is 382 g/mol. The van der Waals surface area contributed by atoms with E-state index in [-0.39, 0.29) is 16.4 Å². The topological polar surface area (TPSA) is 105 Å². The Morgan fingerprint density at radius 1 is 1.11 bits per heavy atom. The van der Waals surface area contributed by atoms with Gasteiger partial charge in [-0.25, -0.2) is 12.7 Å². The highest BCUT2D eigenvalue weighted by molar-refractivity contribution is 7.89. The van der Waals surface area contributed by atoms with Crippen molar-refractivity contribution in [3.63, 3.8) is 0 Å². The molecule has 1 heterocycles. The third-order valence-electron chi connectivity index (χ3n) is 4.32. The number of ether oxygens (including phenoxy) is 1. The van der Waals surface area contributed by atoms with Crippen molar-refractivity contribution >= 4 is 33.2 Å². The van der Waals surface area contributed by atoms with Crippen molar-refractivity contribution in [3.05, 3.63) is 48.0 Å². The zero-order valence-electron chi connectivity index (χ0n) is 15.9. The van der Waals surface area contributed by atoms with Crippen LogP contribution in [0.4, 0.5) is 11.4 Å². The van der Waals surface area contributed by atoms with Gasteiger partial charge in [0.05, 0.1) is 10.6 Å². The molecule has 2 aromatic carbocycles. The van der Waals surface area contributed by atoms with Crippen molar-refractivity contribution in [2.24, 2.45) is 0 Å². The molecule has 3 rings (SSSR count). The maximum atomic E-state index is 12.6. The highest BCUT2D eigenvalue weighted by atomic mass is 32.2. The largest absolute Gasteiger partial charge is 0.476 e. The first kappa shape index (κ1) is 19.8. The van der Waals surface area contributed by atoms with E-state index in [0.717, 1.165) is 4.31 Å². The Morgan fingerprint density at radius 2 is 1.75 bits per heavy atom. The van der Waals surface area contributed by atoms with Gasteiger partial charge in [0.25, 0.3) is 11.8 Å². The lowest BCUT2D eigenvalue weighted by Crippen LogP contribution is -2.45. The molecule has 2 N–H and O–H groups in total. The number of rotatable bonds is 4. The van der Waals surface area contributed by atoms with Gasteiger partial charge in [-0.2, -0.15) is 0 Å². The minimum absolute atomic E-state index is 0.0917. The van der Waals surface area contributed by atoms with Gasteiger partial charge in [0.1, 0.15) is 11.4 Å². The standard InChI is InChI=1S/C19H21N3O5S/c1-19(2)18(24)21-16-14(6-5-7-15(16)27-19)20-17(23)12-8-10-13(11-9-12)28(25,26)22(3)4/h5-11H,1-4H3,(H,20,23)(H,21,24). The lowest BCUT2D eigenvalue weighted by molar-refractivity contribution is -0.129. The molecule has 0 bridgehead atoms. The molecule has 2 amide bonds. The molecular formula is C19H21N3O5S. The summed E-state index contributed by atoms with van der Waals surface area (Å²) < 4.78 is 31.0. The molecule has 2 aromatic rings. The Kier molecular flexibility index (Phi) is 4.90. The first-order valence-corrected chi connectivity index (χ1v) is 9.94. The molecule has 0 aromatic heterocycles. The van der Waals surface area contributed by atoms with Crippen molar-refractivity contribution in [1.29, 1.82) is 0 Å². The molecule has 28 heavy (non-hydrogen) atoms. The Morgan fingerprint density at radius 3 is 2.36 bits per heavy atom. The van der Waals surface area contributed by atoms with Crippen LogP contribution in [-0.2, 0) is 14.8 Å². The van der Waals surface area contributed by atoms with Crippen LogP contribution in [0.15, 0.2) is 47.4 Å². The molecule has 8 nitrogen and oxygen atoms in total. The maximum absolute atomic E-state index is 12.6. The number of nitrogens with one attached hydrogen (secondary N) is 2. The number of amides is 2. The quantitative estimate of drug-likeness (QED) is 0.815. The molecule has 0 saturated carbocycles. The molecule has 0 unspecified atom stereocenters. The molecule has 0 radical (unpaired) electrons. The fourth-order valence-electron chi connectivity index (χ4n) is 2.62. The van der Waals surface area contributed by atoms with Gasteiger partial charge in [-0.3, -0.25) is 9.59 Å². The molecule has 0 aliphatic carbocycles. The van der Waals surface area contributed by atoms with Crippen LogP contribution in [0, 0.1) is 0 Å². The van der Waals surface area contributed by atoms with E-state index >= 15 is 0 Å². The third kappa shape index (κ3) is 3.58. The number of hydrogen-bond donors (Lipinski definition) is 2. The number of hydrogen-bond acceptors (Lipinski definition) is 5. The predicted octanol–water partition coefficient (Wildman–Crippen LogP) is 2.30. The number of nitrogens with zero attached hydrogens (tertiary/aromatic N) is 1. The van der Waals surface area contributed by atoms with Gasteiger partial charge in [0, 0.05) is 19.7 Å². The number of carbonyl (C=O) groups is 2. The summed E-state index contributed by atoms with van der Waals surface area (Å²) >= 11 is 0. The second kappa shape index (κ2) is 6.92. The van der Waals surface area contributed by atoms with E-state index in [1.807, 2.05) is 0 Å². The lowest BCUT2D eigenvalue weighted by Gasteiger charge is -2.32. The van der Waals surface area contributed by atoms with Crippen molar-refractivity contribution in [3.8, 4) is 5.75 Å². The number of sulfonamides is 1. The van der Waals surface area contributed by atoms with Crippen LogP contribution in [0.1, 0.15) is 24.2 Å². The summed E-state index contributed by atoms with van der Waals surface area (Å²) in [4.78, 5) is 24.8. The Bertz CT molecular complexity index is 1040. The fraction of sp³-hybridized carbons (Fsp3) is 0.263. The van der Waals surface area contributed by atoms with Gasteiger partial charge < -0.3 is 15.4 Å². The van der Waals surface area contributed by atoms with E-state index < -0.39 is 21.5 Å². The highest BCUT2D eigenvalue weighted by Crippen LogP contribution is 2.39.